The van der Waals surface area contributed by atoms with E-state index in [2.05, 4.69) is 10.6 Å². The number of aliphatic carboxylic acids is 1. The first-order valence-corrected chi connectivity index (χ1v) is 8.66. The molecule has 148 valence electrons. The highest BCUT2D eigenvalue weighted by Gasteiger charge is 2.22. The van der Waals surface area contributed by atoms with E-state index in [-0.39, 0.29) is 18.7 Å². The van der Waals surface area contributed by atoms with E-state index in [1.54, 1.807) is 24.3 Å². The molecule has 0 unspecified atom stereocenters. The fourth-order valence-corrected chi connectivity index (χ4v) is 2.39. The molecule has 3 N–H and O–H groups in total. The Morgan fingerprint density at radius 3 is 2.46 bits per heavy atom. The van der Waals surface area contributed by atoms with Gasteiger partial charge in [0.05, 0.1) is 0 Å². The molecule has 0 aromatic heterocycles. The van der Waals surface area contributed by atoms with Gasteiger partial charge in [0.15, 0.2) is 0 Å². The van der Waals surface area contributed by atoms with Crippen molar-refractivity contribution >= 4 is 18.0 Å². The van der Waals surface area contributed by atoms with Gasteiger partial charge in [-0.25, -0.2) is 14.0 Å². The van der Waals surface area contributed by atoms with Crippen molar-refractivity contribution in [1.82, 2.24) is 10.6 Å². The maximum absolute atomic E-state index is 13.6. The summed E-state index contributed by atoms with van der Waals surface area (Å²) >= 11 is 0. The van der Waals surface area contributed by atoms with Crippen LogP contribution >= 0.6 is 0 Å². The Bertz CT molecular complexity index is 842. The number of benzene rings is 2. The van der Waals surface area contributed by atoms with Crippen molar-refractivity contribution in [2.75, 3.05) is 6.54 Å². The molecule has 0 aliphatic heterocycles. The number of nitrogens with one attached hydrogen (secondary N) is 2. The number of amides is 2. The van der Waals surface area contributed by atoms with Crippen LogP contribution in [0.1, 0.15) is 28.4 Å². The van der Waals surface area contributed by atoms with E-state index < -0.39 is 29.8 Å². The van der Waals surface area contributed by atoms with Crippen molar-refractivity contribution in [2.24, 2.45) is 0 Å². The molecule has 2 aromatic carbocycles. The van der Waals surface area contributed by atoms with E-state index in [0.29, 0.717) is 12.0 Å². The number of hydrogen-bond acceptors (Lipinski definition) is 4. The van der Waals surface area contributed by atoms with Crippen LogP contribution in [0.2, 0.25) is 0 Å². The zero-order valence-electron chi connectivity index (χ0n) is 15.3. The lowest BCUT2D eigenvalue weighted by molar-refractivity contribution is -0.139. The summed E-state index contributed by atoms with van der Waals surface area (Å²) in [5.74, 6) is -2.53. The van der Waals surface area contributed by atoms with Gasteiger partial charge >= 0.3 is 12.1 Å². The van der Waals surface area contributed by atoms with Gasteiger partial charge in [0.2, 0.25) is 0 Å². The fourth-order valence-electron chi connectivity index (χ4n) is 2.39. The van der Waals surface area contributed by atoms with Gasteiger partial charge in [0.1, 0.15) is 18.5 Å². The van der Waals surface area contributed by atoms with Crippen LogP contribution < -0.4 is 10.6 Å². The molecule has 0 saturated heterocycles. The van der Waals surface area contributed by atoms with Crippen LogP contribution in [-0.2, 0) is 22.6 Å². The zero-order chi connectivity index (χ0) is 20.5. The highest BCUT2D eigenvalue weighted by atomic mass is 19.1. The van der Waals surface area contributed by atoms with Crippen LogP contribution in [0.25, 0.3) is 0 Å². The minimum Gasteiger partial charge on any atom is -0.480 e. The lowest BCUT2D eigenvalue weighted by Crippen LogP contribution is -2.48. The van der Waals surface area contributed by atoms with Gasteiger partial charge in [-0.2, -0.15) is 0 Å². The first kappa shape index (κ1) is 20.9. The van der Waals surface area contributed by atoms with Crippen LogP contribution in [0.3, 0.4) is 0 Å². The molecule has 0 aliphatic carbocycles. The smallest absolute Gasteiger partial charge is 0.408 e. The maximum Gasteiger partial charge on any atom is 0.408 e. The predicted molar refractivity (Wildman–Crippen MR) is 99.3 cm³/mol. The lowest BCUT2D eigenvalue weighted by Gasteiger charge is -2.15. The van der Waals surface area contributed by atoms with Crippen LogP contribution in [0.15, 0.2) is 48.5 Å². The van der Waals surface area contributed by atoms with Gasteiger partial charge < -0.3 is 20.5 Å². The Kier molecular flexibility index (Phi) is 7.50. The van der Waals surface area contributed by atoms with Gasteiger partial charge in [-0.1, -0.05) is 37.3 Å². The molecule has 0 bridgehead atoms. The van der Waals surface area contributed by atoms with E-state index in [9.17, 15) is 23.9 Å². The second-order valence-corrected chi connectivity index (χ2v) is 6.01. The Hall–Kier alpha value is -3.42. The van der Waals surface area contributed by atoms with Crippen LogP contribution in [0, 0.1) is 5.82 Å². The average Bonchev–Trinajstić information content (AvgIpc) is 2.69. The Morgan fingerprint density at radius 1 is 1.11 bits per heavy atom. The molecule has 7 nitrogen and oxygen atoms in total. The fraction of sp³-hybridized carbons (Fsp3) is 0.250. The van der Waals surface area contributed by atoms with Crippen molar-refractivity contribution in [3.05, 3.63) is 71.0 Å². The third-order valence-corrected chi connectivity index (χ3v) is 3.90. The second-order valence-electron chi connectivity index (χ2n) is 6.01. The molecule has 0 saturated carbocycles. The predicted octanol–water partition coefficient (Wildman–Crippen LogP) is 2.50. The number of alkyl carbamates (subject to hydrolysis) is 1. The number of carbonyl (C=O) groups is 3. The van der Waals surface area contributed by atoms with Crippen molar-refractivity contribution in [2.45, 2.75) is 26.0 Å². The molecular formula is C20H21FN2O5. The van der Waals surface area contributed by atoms with Crippen LogP contribution in [-0.4, -0.2) is 35.7 Å². The standard InChI is InChI=1S/C20H21FN2O5/c1-2-13-8-15(10-16(21)9-13)18(24)22-11-17(19(25)26)23-20(27)28-12-14-6-4-3-5-7-14/h3-10,17H,2,11-12H2,1H3,(H,22,24)(H,23,27)(H,25,26)/t17-/m1/s1. The number of halogens is 1. The summed E-state index contributed by atoms with van der Waals surface area (Å²) in [6, 6.07) is 11.4. The van der Waals surface area contributed by atoms with E-state index in [0.717, 1.165) is 11.6 Å². The summed E-state index contributed by atoms with van der Waals surface area (Å²) < 4.78 is 18.5. The van der Waals surface area contributed by atoms with Crippen molar-refractivity contribution in [1.29, 1.82) is 0 Å². The van der Waals surface area contributed by atoms with Gasteiger partial charge in [-0.3, -0.25) is 4.79 Å². The molecular weight excluding hydrogens is 367 g/mol. The minimum atomic E-state index is -1.40. The van der Waals surface area contributed by atoms with Gasteiger partial charge in [-0.15, -0.1) is 0 Å². The van der Waals surface area contributed by atoms with Crippen LogP contribution in [0.4, 0.5) is 9.18 Å². The van der Waals surface area contributed by atoms with E-state index in [1.165, 1.54) is 12.1 Å². The van der Waals surface area contributed by atoms with Gasteiger partial charge in [-0.05, 0) is 35.7 Å². The highest BCUT2D eigenvalue weighted by Crippen LogP contribution is 2.10. The summed E-state index contributed by atoms with van der Waals surface area (Å²) in [6.07, 6.45) is -0.380. The molecule has 1 atom stereocenters. The van der Waals surface area contributed by atoms with Crippen molar-refractivity contribution < 1.29 is 28.6 Å². The molecule has 0 heterocycles. The number of carboxylic acids is 1. The molecule has 2 rings (SSSR count). The number of rotatable bonds is 8. The lowest BCUT2D eigenvalue weighted by atomic mass is 10.1. The first-order valence-electron chi connectivity index (χ1n) is 8.66. The summed E-state index contributed by atoms with van der Waals surface area (Å²) in [5.41, 5.74) is 1.46. The SMILES string of the molecule is CCc1cc(F)cc(C(=O)NC[C@@H](NC(=O)OCc2ccccc2)C(=O)O)c1. The molecule has 28 heavy (non-hydrogen) atoms. The molecule has 0 aliphatic rings. The van der Waals surface area contributed by atoms with E-state index in [4.69, 9.17) is 4.74 Å². The number of aryl methyl sites for hydroxylation is 1. The van der Waals surface area contributed by atoms with Crippen molar-refractivity contribution in [3.63, 3.8) is 0 Å². The maximum atomic E-state index is 13.6. The number of hydrogen-bond donors (Lipinski definition) is 3. The molecule has 8 heteroatoms. The monoisotopic (exact) mass is 388 g/mol. The molecule has 2 amide bonds. The Balaban J connectivity index is 1.90. The number of ether oxygens (including phenoxy) is 1. The second kappa shape index (κ2) is 10.1. The first-order chi connectivity index (χ1) is 13.4. The highest BCUT2D eigenvalue weighted by molar-refractivity contribution is 5.94. The third kappa shape index (κ3) is 6.39. The van der Waals surface area contributed by atoms with Crippen molar-refractivity contribution in [3.8, 4) is 0 Å². The number of carboxylic acid groups (broad SMARTS) is 1. The topological polar surface area (TPSA) is 105 Å². The quantitative estimate of drug-likeness (QED) is 0.644. The molecule has 0 fully saturated rings. The number of carbonyl (C=O) groups excluding carboxylic acids is 2. The third-order valence-electron chi connectivity index (χ3n) is 3.90. The average molecular weight is 388 g/mol. The summed E-state index contributed by atoms with van der Waals surface area (Å²) in [5, 5.41) is 13.8. The Morgan fingerprint density at radius 2 is 1.82 bits per heavy atom. The summed E-state index contributed by atoms with van der Waals surface area (Å²) in [4.78, 5) is 35.3. The summed E-state index contributed by atoms with van der Waals surface area (Å²) in [7, 11) is 0. The van der Waals surface area contributed by atoms with Gasteiger partial charge in [0, 0.05) is 12.1 Å². The van der Waals surface area contributed by atoms with E-state index in [1.807, 2.05) is 13.0 Å². The normalized spacial score (nSPS) is 11.4. The van der Waals surface area contributed by atoms with Crippen LogP contribution in [0.5, 0.6) is 0 Å². The zero-order valence-corrected chi connectivity index (χ0v) is 15.3. The minimum absolute atomic E-state index is 0.0194. The largest absolute Gasteiger partial charge is 0.480 e. The Labute approximate surface area is 161 Å². The molecule has 0 radical (unpaired) electrons. The van der Waals surface area contributed by atoms with E-state index >= 15 is 0 Å². The molecule has 0 spiro atoms. The van der Waals surface area contributed by atoms with Gasteiger partial charge in [0.25, 0.3) is 5.91 Å². The molecule has 2 aromatic rings. The summed E-state index contributed by atoms with van der Waals surface area (Å²) in [6.45, 7) is 1.42.